The van der Waals surface area contributed by atoms with E-state index in [2.05, 4.69) is 5.32 Å². The zero-order valence-corrected chi connectivity index (χ0v) is 10.2. The van der Waals surface area contributed by atoms with Gasteiger partial charge in [-0.1, -0.05) is 0 Å². The second kappa shape index (κ2) is 4.70. The number of aliphatic carboxylic acids is 1. The van der Waals surface area contributed by atoms with Gasteiger partial charge in [0, 0.05) is 0 Å². The lowest BCUT2D eigenvalue weighted by atomic mass is 9.79. The summed E-state index contributed by atoms with van der Waals surface area (Å²) in [5.41, 5.74) is 0. The lowest BCUT2D eigenvalue weighted by Gasteiger charge is -2.23. The normalized spacial score (nSPS) is 32.4. The molecule has 1 aromatic heterocycles. The van der Waals surface area contributed by atoms with Crippen LogP contribution in [0.25, 0.3) is 0 Å². The van der Waals surface area contributed by atoms with Crippen LogP contribution >= 0.6 is 0 Å². The zero-order chi connectivity index (χ0) is 13.4. The number of ether oxygens (including phenoxy) is 1. The van der Waals surface area contributed by atoms with E-state index in [-0.39, 0.29) is 24.7 Å². The van der Waals surface area contributed by atoms with Crippen molar-refractivity contribution in [3.8, 4) is 0 Å². The van der Waals surface area contributed by atoms with Crippen LogP contribution in [-0.4, -0.2) is 29.2 Å². The molecule has 1 amide bonds. The highest BCUT2D eigenvalue weighted by Gasteiger charge is 2.55. The quantitative estimate of drug-likeness (QED) is 0.839. The molecule has 6 heteroatoms. The lowest BCUT2D eigenvalue weighted by Crippen LogP contribution is -2.43. The molecule has 19 heavy (non-hydrogen) atoms. The average Bonchev–Trinajstić information content (AvgIpc) is 3.10. The molecule has 0 saturated carbocycles. The second-order valence-corrected chi connectivity index (χ2v) is 4.98. The van der Waals surface area contributed by atoms with Crippen molar-refractivity contribution in [1.29, 1.82) is 0 Å². The van der Waals surface area contributed by atoms with Crippen LogP contribution in [0.2, 0.25) is 0 Å². The standard InChI is InChI=1S/C13H15NO5/c15-12(14-6-7-2-1-5-18-7)10-8-3-4-9(19-8)11(10)13(16)17/h1-2,5,8-11H,3-4,6H2,(H,14,15)(H,16,17)/t8-,9-,10+,11+/m1/s1. The number of carbonyl (C=O) groups excluding carboxylic acids is 1. The van der Waals surface area contributed by atoms with Gasteiger partial charge in [0.25, 0.3) is 0 Å². The molecule has 0 unspecified atom stereocenters. The summed E-state index contributed by atoms with van der Waals surface area (Å²) in [4.78, 5) is 23.4. The molecule has 102 valence electrons. The number of fused-ring (bicyclic) bond motifs is 2. The van der Waals surface area contributed by atoms with Gasteiger partial charge in [0.2, 0.25) is 5.91 Å². The minimum atomic E-state index is -0.953. The maximum atomic E-state index is 12.1. The van der Waals surface area contributed by atoms with E-state index in [1.165, 1.54) is 6.26 Å². The first-order valence-electron chi connectivity index (χ1n) is 6.35. The van der Waals surface area contributed by atoms with Crippen molar-refractivity contribution >= 4 is 11.9 Å². The highest BCUT2D eigenvalue weighted by molar-refractivity contribution is 5.86. The number of carboxylic acids is 1. The minimum absolute atomic E-state index is 0.261. The summed E-state index contributed by atoms with van der Waals surface area (Å²) in [5, 5.41) is 11.9. The van der Waals surface area contributed by atoms with Crippen molar-refractivity contribution < 1.29 is 23.8 Å². The van der Waals surface area contributed by atoms with Crippen LogP contribution in [0, 0.1) is 11.8 Å². The number of hydrogen-bond acceptors (Lipinski definition) is 4. The number of carbonyl (C=O) groups is 2. The van der Waals surface area contributed by atoms with Gasteiger partial charge in [-0.2, -0.15) is 0 Å². The van der Waals surface area contributed by atoms with Gasteiger partial charge in [-0.15, -0.1) is 0 Å². The van der Waals surface area contributed by atoms with Gasteiger partial charge in [0.15, 0.2) is 0 Å². The molecule has 2 N–H and O–H groups in total. The lowest BCUT2D eigenvalue weighted by molar-refractivity contribution is -0.147. The van der Waals surface area contributed by atoms with Crippen LogP contribution in [0.3, 0.4) is 0 Å². The molecular formula is C13H15NO5. The Bertz CT molecular complexity index is 483. The molecule has 0 aliphatic carbocycles. The second-order valence-electron chi connectivity index (χ2n) is 4.98. The van der Waals surface area contributed by atoms with Gasteiger partial charge in [-0.3, -0.25) is 9.59 Å². The first kappa shape index (κ1) is 12.2. The molecule has 4 atom stereocenters. The summed E-state index contributed by atoms with van der Waals surface area (Å²) in [6.07, 6.45) is 2.43. The highest BCUT2D eigenvalue weighted by Crippen LogP contribution is 2.43. The Hall–Kier alpha value is -1.82. The van der Waals surface area contributed by atoms with Gasteiger partial charge in [-0.05, 0) is 25.0 Å². The molecule has 0 spiro atoms. The molecule has 1 aromatic rings. The molecule has 3 heterocycles. The molecule has 2 aliphatic heterocycles. The van der Waals surface area contributed by atoms with Gasteiger partial charge >= 0.3 is 5.97 Å². The minimum Gasteiger partial charge on any atom is -0.481 e. The predicted molar refractivity (Wildman–Crippen MR) is 63.1 cm³/mol. The molecule has 0 aromatic carbocycles. The third-order valence-electron chi connectivity index (χ3n) is 3.88. The molecule has 3 rings (SSSR count). The Morgan fingerprint density at radius 3 is 2.68 bits per heavy atom. The largest absolute Gasteiger partial charge is 0.481 e. The summed E-state index contributed by atoms with van der Waals surface area (Å²) in [6, 6.07) is 3.49. The summed E-state index contributed by atoms with van der Waals surface area (Å²) in [5.74, 6) is -1.90. The number of furan rings is 1. The fourth-order valence-corrected chi connectivity index (χ4v) is 3.03. The summed E-state index contributed by atoms with van der Waals surface area (Å²) in [7, 11) is 0. The van der Waals surface area contributed by atoms with Crippen molar-refractivity contribution in [3.05, 3.63) is 24.2 Å². The fraction of sp³-hybridized carbons (Fsp3) is 0.538. The molecule has 0 radical (unpaired) electrons. The summed E-state index contributed by atoms with van der Waals surface area (Å²) in [6.45, 7) is 0.270. The van der Waals surface area contributed by atoms with Crippen molar-refractivity contribution in [3.63, 3.8) is 0 Å². The molecule has 2 saturated heterocycles. The molecular weight excluding hydrogens is 250 g/mol. The van der Waals surface area contributed by atoms with E-state index < -0.39 is 17.8 Å². The van der Waals surface area contributed by atoms with Crippen LogP contribution in [0.1, 0.15) is 18.6 Å². The van der Waals surface area contributed by atoms with Crippen LogP contribution < -0.4 is 5.32 Å². The molecule has 2 aliphatic rings. The van der Waals surface area contributed by atoms with Gasteiger partial charge in [-0.25, -0.2) is 0 Å². The van der Waals surface area contributed by atoms with Gasteiger partial charge in [0.05, 0.1) is 36.9 Å². The van der Waals surface area contributed by atoms with Crippen molar-refractivity contribution in [1.82, 2.24) is 5.32 Å². The smallest absolute Gasteiger partial charge is 0.310 e. The Kier molecular flexibility index (Phi) is 3.02. The van der Waals surface area contributed by atoms with Crippen molar-refractivity contribution in [2.24, 2.45) is 11.8 Å². The van der Waals surface area contributed by atoms with Crippen LogP contribution in [0.15, 0.2) is 22.8 Å². The Morgan fingerprint density at radius 2 is 2.05 bits per heavy atom. The Morgan fingerprint density at radius 1 is 1.32 bits per heavy atom. The zero-order valence-electron chi connectivity index (χ0n) is 10.2. The Labute approximate surface area is 109 Å². The topological polar surface area (TPSA) is 88.8 Å². The number of hydrogen-bond donors (Lipinski definition) is 2. The Balaban J connectivity index is 1.66. The maximum Gasteiger partial charge on any atom is 0.310 e. The fourth-order valence-electron chi connectivity index (χ4n) is 3.03. The van der Waals surface area contributed by atoms with Crippen LogP contribution in [0.4, 0.5) is 0 Å². The third-order valence-corrected chi connectivity index (χ3v) is 3.88. The van der Waals surface area contributed by atoms with Gasteiger partial charge in [0.1, 0.15) is 5.76 Å². The van der Waals surface area contributed by atoms with E-state index in [9.17, 15) is 14.7 Å². The summed E-state index contributed by atoms with van der Waals surface area (Å²) < 4.78 is 10.7. The van der Waals surface area contributed by atoms with Crippen molar-refractivity contribution in [2.75, 3.05) is 0 Å². The predicted octanol–water partition coefficient (Wildman–Crippen LogP) is 0.774. The third kappa shape index (κ3) is 2.12. The van der Waals surface area contributed by atoms with Crippen LogP contribution in [-0.2, 0) is 20.9 Å². The molecule has 2 bridgehead atoms. The first-order chi connectivity index (χ1) is 9.16. The number of amides is 1. The maximum absolute atomic E-state index is 12.1. The van der Waals surface area contributed by atoms with Crippen LogP contribution in [0.5, 0.6) is 0 Å². The van der Waals surface area contributed by atoms with E-state index >= 15 is 0 Å². The van der Waals surface area contributed by atoms with Gasteiger partial charge < -0.3 is 19.6 Å². The summed E-state index contributed by atoms with van der Waals surface area (Å²) >= 11 is 0. The van der Waals surface area contributed by atoms with E-state index in [1.54, 1.807) is 12.1 Å². The SMILES string of the molecule is O=C(O)[C@@H]1[C@@H](C(=O)NCc2ccco2)[C@H]2CC[C@H]1O2. The first-order valence-corrected chi connectivity index (χ1v) is 6.35. The van der Waals surface area contributed by atoms with E-state index in [0.717, 1.165) is 12.8 Å². The van der Waals surface area contributed by atoms with E-state index in [1.807, 2.05) is 0 Å². The average molecular weight is 265 g/mol. The highest BCUT2D eigenvalue weighted by atomic mass is 16.5. The molecule has 6 nitrogen and oxygen atoms in total. The number of nitrogens with one attached hydrogen (secondary N) is 1. The molecule has 2 fully saturated rings. The van der Waals surface area contributed by atoms with E-state index in [0.29, 0.717) is 5.76 Å². The number of carboxylic acid groups (broad SMARTS) is 1. The van der Waals surface area contributed by atoms with Crippen molar-refractivity contribution in [2.45, 2.75) is 31.6 Å². The monoisotopic (exact) mass is 265 g/mol. The number of rotatable bonds is 4. The van der Waals surface area contributed by atoms with E-state index in [4.69, 9.17) is 9.15 Å².